The van der Waals surface area contributed by atoms with Crippen molar-refractivity contribution in [3.63, 3.8) is 0 Å². The van der Waals surface area contributed by atoms with E-state index in [0.29, 0.717) is 5.75 Å². The number of phenolic OH excluding ortho intramolecular Hbond substituents is 1. The Balaban J connectivity index is 1.96. The molecular formula is C17H18FNO. The Hall–Kier alpha value is -2.03. The first kappa shape index (κ1) is 13.0. The van der Waals surface area contributed by atoms with E-state index in [9.17, 15) is 9.50 Å². The van der Waals surface area contributed by atoms with E-state index >= 15 is 0 Å². The number of hydrogen-bond donors (Lipinski definition) is 1. The largest absolute Gasteiger partial charge is 0.508 e. The second kappa shape index (κ2) is 5.16. The number of aryl methyl sites for hydroxylation is 1. The summed E-state index contributed by atoms with van der Waals surface area (Å²) < 4.78 is 13.4. The number of benzene rings is 2. The van der Waals surface area contributed by atoms with Gasteiger partial charge < -0.3 is 10.0 Å². The van der Waals surface area contributed by atoms with Crippen molar-refractivity contribution in [2.24, 2.45) is 0 Å². The first-order valence-electron chi connectivity index (χ1n) is 7.03. The molecule has 0 aromatic heterocycles. The number of halogens is 1. The summed E-state index contributed by atoms with van der Waals surface area (Å²) in [5.41, 5.74) is 3.36. The number of rotatable bonds is 3. The molecular weight excluding hydrogens is 253 g/mol. The third-order valence-electron chi connectivity index (χ3n) is 4.03. The minimum Gasteiger partial charge on any atom is -0.508 e. The van der Waals surface area contributed by atoms with Gasteiger partial charge in [0.1, 0.15) is 11.6 Å². The van der Waals surface area contributed by atoms with Gasteiger partial charge in [-0.15, -0.1) is 0 Å². The molecule has 3 heteroatoms. The maximum absolute atomic E-state index is 13.4. The zero-order valence-electron chi connectivity index (χ0n) is 11.5. The fourth-order valence-corrected chi connectivity index (χ4v) is 3.14. The molecule has 0 radical (unpaired) electrons. The molecule has 0 spiro atoms. The molecule has 0 amide bonds. The fraction of sp³-hybridized carbons (Fsp3) is 0.294. The lowest BCUT2D eigenvalue weighted by atomic mass is 10.1. The van der Waals surface area contributed by atoms with Crippen LogP contribution in [-0.4, -0.2) is 11.7 Å². The third-order valence-corrected chi connectivity index (χ3v) is 4.03. The van der Waals surface area contributed by atoms with E-state index in [1.165, 1.54) is 17.2 Å². The quantitative estimate of drug-likeness (QED) is 0.910. The van der Waals surface area contributed by atoms with Gasteiger partial charge in [0.15, 0.2) is 0 Å². The van der Waals surface area contributed by atoms with E-state index in [1.807, 2.05) is 18.2 Å². The lowest BCUT2D eigenvalue weighted by molar-refractivity contribution is 0.474. The van der Waals surface area contributed by atoms with Crippen LogP contribution in [0.4, 0.5) is 10.1 Å². The van der Waals surface area contributed by atoms with E-state index in [1.54, 1.807) is 18.2 Å². The van der Waals surface area contributed by atoms with E-state index in [-0.39, 0.29) is 11.9 Å². The topological polar surface area (TPSA) is 23.5 Å². The smallest absolute Gasteiger partial charge is 0.125 e. The average molecular weight is 271 g/mol. The lowest BCUT2D eigenvalue weighted by Gasteiger charge is -2.30. The van der Waals surface area contributed by atoms with Crippen LogP contribution >= 0.6 is 0 Å². The van der Waals surface area contributed by atoms with Gasteiger partial charge in [-0.3, -0.25) is 0 Å². The molecule has 1 aliphatic carbocycles. The standard InChI is InChI=1S/C17H18FNO/c1-2-19(14-5-3-4-13(18)11-14)17-9-6-12-10-15(20)7-8-16(12)17/h3-5,7-8,10-11,17,20H,2,6,9H2,1H3. The monoisotopic (exact) mass is 271 g/mol. The summed E-state index contributed by atoms with van der Waals surface area (Å²) in [5, 5.41) is 9.57. The number of fused-ring (bicyclic) bond motifs is 1. The molecule has 104 valence electrons. The van der Waals surface area contributed by atoms with Crippen LogP contribution in [0.25, 0.3) is 0 Å². The summed E-state index contributed by atoms with van der Waals surface area (Å²) in [7, 11) is 0. The lowest BCUT2D eigenvalue weighted by Crippen LogP contribution is -2.27. The van der Waals surface area contributed by atoms with Gasteiger partial charge in [-0.2, -0.15) is 0 Å². The molecule has 2 nitrogen and oxygen atoms in total. The van der Waals surface area contributed by atoms with Gasteiger partial charge in [0.25, 0.3) is 0 Å². The van der Waals surface area contributed by atoms with Crippen LogP contribution in [0.15, 0.2) is 42.5 Å². The average Bonchev–Trinajstić information content (AvgIpc) is 2.83. The van der Waals surface area contributed by atoms with Crippen LogP contribution < -0.4 is 4.90 Å². The maximum Gasteiger partial charge on any atom is 0.125 e. The molecule has 0 heterocycles. The van der Waals surface area contributed by atoms with Crippen molar-refractivity contribution in [3.05, 3.63) is 59.4 Å². The molecule has 1 atom stereocenters. The minimum atomic E-state index is -0.204. The summed E-state index contributed by atoms with van der Waals surface area (Å²) in [5.74, 6) is 0.114. The van der Waals surface area contributed by atoms with Crippen LogP contribution in [-0.2, 0) is 6.42 Å². The molecule has 0 aliphatic heterocycles. The summed E-state index contributed by atoms with van der Waals surface area (Å²) in [4.78, 5) is 2.23. The van der Waals surface area contributed by atoms with Crippen molar-refractivity contribution in [1.29, 1.82) is 0 Å². The van der Waals surface area contributed by atoms with E-state index in [0.717, 1.165) is 25.1 Å². The summed E-state index contributed by atoms with van der Waals surface area (Å²) >= 11 is 0. The fourth-order valence-electron chi connectivity index (χ4n) is 3.14. The van der Waals surface area contributed by atoms with E-state index in [4.69, 9.17) is 0 Å². The highest BCUT2D eigenvalue weighted by molar-refractivity contribution is 5.52. The molecule has 2 aromatic carbocycles. The number of anilines is 1. The molecule has 20 heavy (non-hydrogen) atoms. The number of nitrogens with zero attached hydrogens (tertiary/aromatic N) is 1. The van der Waals surface area contributed by atoms with Crippen LogP contribution in [0.5, 0.6) is 5.75 Å². The van der Waals surface area contributed by atoms with Crippen LogP contribution in [0.2, 0.25) is 0 Å². The van der Waals surface area contributed by atoms with Gasteiger partial charge in [0, 0.05) is 12.2 Å². The van der Waals surface area contributed by atoms with Crippen molar-refractivity contribution in [3.8, 4) is 5.75 Å². The molecule has 2 aromatic rings. The van der Waals surface area contributed by atoms with Gasteiger partial charge in [-0.05, 0) is 61.2 Å². The van der Waals surface area contributed by atoms with Gasteiger partial charge in [0.2, 0.25) is 0 Å². The summed E-state index contributed by atoms with van der Waals surface area (Å²) in [6, 6.07) is 12.6. The molecule has 0 fully saturated rings. The highest BCUT2D eigenvalue weighted by atomic mass is 19.1. The molecule has 1 unspecified atom stereocenters. The number of aromatic hydroxyl groups is 1. The molecule has 0 saturated heterocycles. The van der Waals surface area contributed by atoms with Crippen LogP contribution in [0.1, 0.15) is 30.5 Å². The number of hydrogen-bond acceptors (Lipinski definition) is 2. The SMILES string of the molecule is CCN(c1cccc(F)c1)C1CCc2cc(O)ccc21. The van der Waals surface area contributed by atoms with Crippen molar-refractivity contribution in [2.45, 2.75) is 25.8 Å². The summed E-state index contributed by atoms with van der Waals surface area (Å²) in [6.07, 6.45) is 1.96. The minimum absolute atomic E-state index is 0.204. The van der Waals surface area contributed by atoms with Gasteiger partial charge in [-0.1, -0.05) is 12.1 Å². The summed E-state index contributed by atoms with van der Waals surface area (Å²) in [6.45, 7) is 2.91. The van der Waals surface area contributed by atoms with Crippen molar-refractivity contribution < 1.29 is 9.50 Å². The Morgan fingerprint density at radius 2 is 2.10 bits per heavy atom. The first-order chi connectivity index (χ1) is 9.69. The van der Waals surface area contributed by atoms with Crippen molar-refractivity contribution in [2.75, 3.05) is 11.4 Å². The highest BCUT2D eigenvalue weighted by Crippen LogP contribution is 2.39. The van der Waals surface area contributed by atoms with Crippen molar-refractivity contribution >= 4 is 5.69 Å². The number of phenols is 1. The third kappa shape index (κ3) is 2.24. The second-order valence-corrected chi connectivity index (χ2v) is 5.20. The highest BCUT2D eigenvalue weighted by Gasteiger charge is 2.27. The predicted octanol–water partition coefficient (Wildman–Crippen LogP) is 4.05. The first-order valence-corrected chi connectivity index (χ1v) is 7.03. The van der Waals surface area contributed by atoms with Crippen LogP contribution in [0.3, 0.4) is 0 Å². The van der Waals surface area contributed by atoms with Gasteiger partial charge >= 0.3 is 0 Å². The zero-order chi connectivity index (χ0) is 14.1. The molecule has 1 aliphatic rings. The van der Waals surface area contributed by atoms with Gasteiger partial charge in [-0.25, -0.2) is 4.39 Å². The van der Waals surface area contributed by atoms with Crippen LogP contribution in [0, 0.1) is 5.82 Å². The van der Waals surface area contributed by atoms with Gasteiger partial charge in [0.05, 0.1) is 6.04 Å². The second-order valence-electron chi connectivity index (χ2n) is 5.20. The Labute approximate surface area is 118 Å². The Bertz CT molecular complexity index is 626. The molecule has 1 N–H and O–H groups in total. The Kier molecular flexibility index (Phi) is 3.35. The predicted molar refractivity (Wildman–Crippen MR) is 78.6 cm³/mol. The van der Waals surface area contributed by atoms with E-state index < -0.39 is 0 Å². The molecule has 0 saturated carbocycles. The normalized spacial score (nSPS) is 17.0. The maximum atomic E-state index is 13.4. The molecule has 3 rings (SSSR count). The van der Waals surface area contributed by atoms with E-state index in [2.05, 4.69) is 11.8 Å². The zero-order valence-corrected chi connectivity index (χ0v) is 11.5. The molecule has 0 bridgehead atoms. The van der Waals surface area contributed by atoms with Crippen molar-refractivity contribution in [1.82, 2.24) is 0 Å². The Morgan fingerprint density at radius 3 is 2.85 bits per heavy atom. The Morgan fingerprint density at radius 1 is 1.25 bits per heavy atom.